The first-order valence-electron chi connectivity index (χ1n) is 5.56. The second kappa shape index (κ2) is 3.38. The van der Waals surface area contributed by atoms with Crippen molar-refractivity contribution in [1.82, 2.24) is 0 Å². The van der Waals surface area contributed by atoms with Gasteiger partial charge in [-0.3, -0.25) is 0 Å². The monoisotopic (exact) mass is 201 g/mol. The molecule has 0 amide bonds. The number of rotatable bonds is 1. The molecule has 0 atom stereocenters. The first kappa shape index (κ1) is 8.98. The summed E-state index contributed by atoms with van der Waals surface area (Å²) in [6.45, 7) is 1.47. The Kier molecular flexibility index (Phi) is 2.03. The molecule has 2 aliphatic rings. The van der Waals surface area contributed by atoms with E-state index in [0.717, 1.165) is 31.6 Å². The highest BCUT2D eigenvalue weighted by Gasteiger charge is 2.21. The number of aryl methyl sites for hydroxylation is 1. The third-order valence-electron chi connectivity index (χ3n) is 3.29. The minimum atomic E-state index is 0.632. The van der Waals surface area contributed by atoms with E-state index in [2.05, 4.69) is 18.2 Å². The Bertz CT molecular complexity index is 434. The molecule has 3 rings (SSSR count). The molecule has 0 unspecified atom stereocenters. The Labute approximate surface area is 89.7 Å². The van der Waals surface area contributed by atoms with Gasteiger partial charge in [0.15, 0.2) is 0 Å². The molecule has 2 nitrogen and oxygen atoms in total. The molecule has 1 heterocycles. The molecular weight excluding hydrogens is 186 g/mol. The topological polar surface area (TPSA) is 35.2 Å². The average Bonchev–Trinajstić information content (AvgIpc) is 2.82. The second-order valence-corrected chi connectivity index (χ2v) is 4.18. The lowest BCUT2D eigenvalue weighted by molar-refractivity contribution is 0.356. The molecule has 1 aliphatic heterocycles. The predicted molar refractivity (Wildman–Crippen MR) is 61.0 cm³/mol. The molecule has 2 heteroatoms. The molecule has 1 aromatic rings. The fourth-order valence-electron chi connectivity index (χ4n) is 2.54. The summed E-state index contributed by atoms with van der Waals surface area (Å²) < 4.78 is 5.59. The van der Waals surface area contributed by atoms with E-state index in [1.807, 2.05) is 0 Å². The molecule has 15 heavy (non-hydrogen) atoms. The van der Waals surface area contributed by atoms with Crippen molar-refractivity contribution in [3.8, 4) is 5.75 Å². The lowest BCUT2D eigenvalue weighted by Gasteiger charge is -2.05. The molecule has 0 bridgehead atoms. The van der Waals surface area contributed by atoms with Gasteiger partial charge < -0.3 is 10.5 Å². The van der Waals surface area contributed by atoms with Crippen LogP contribution in [0.4, 0.5) is 0 Å². The molecule has 1 aromatic carbocycles. The number of allylic oxidation sites excluding steroid dienone is 1. The first-order valence-corrected chi connectivity index (χ1v) is 5.56. The van der Waals surface area contributed by atoms with Gasteiger partial charge in [-0.05, 0) is 41.2 Å². The molecule has 78 valence electrons. The van der Waals surface area contributed by atoms with E-state index in [1.165, 1.54) is 22.3 Å². The van der Waals surface area contributed by atoms with Crippen LogP contribution in [-0.4, -0.2) is 13.2 Å². The number of ether oxygens (including phenoxy) is 1. The van der Waals surface area contributed by atoms with Crippen LogP contribution in [0.3, 0.4) is 0 Å². The Hall–Kier alpha value is -1.28. The van der Waals surface area contributed by atoms with E-state index in [4.69, 9.17) is 10.5 Å². The predicted octanol–water partition coefficient (Wildman–Crippen LogP) is 1.91. The SMILES string of the molecule is NC/C=C1\CCc2cc3c(cc21)OCC3. The quantitative estimate of drug-likeness (QED) is 0.753. The van der Waals surface area contributed by atoms with Crippen molar-refractivity contribution in [2.45, 2.75) is 19.3 Å². The fourth-order valence-corrected chi connectivity index (χ4v) is 2.54. The Morgan fingerprint density at radius 1 is 1.20 bits per heavy atom. The smallest absolute Gasteiger partial charge is 0.123 e. The highest BCUT2D eigenvalue weighted by Crippen LogP contribution is 2.38. The maximum atomic E-state index is 5.59. The van der Waals surface area contributed by atoms with Crippen LogP contribution < -0.4 is 10.5 Å². The fraction of sp³-hybridized carbons (Fsp3) is 0.385. The average molecular weight is 201 g/mol. The number of hydrogen-bond donors (Lipinski definition) is 1. The normalized spacial score (nSPS) is 20.2. The van der Waals surface area contributed by atoms with E-state index in [0.29, 0.717) is 6.54 Å². The minimum absolute atomic E-state index is 0.632. The van der Waals surface area contributed by atoms with Crippen molar-refractivity contribution in [2.75, 3.05) is 13.2 Å². The van der Waals surface area contributed by atoms with Crippen molar-refractivity contribution in [1.29, 1.82) is 0 Å². The van der Waals surface area contributed by atoms with Gasteiger partial charge in [-0.1, -0.05) is 12.1 Å². The number of nitrogens with two attached hydrogens (primary N) is 1. The molecule has 0 aromatic heterocycles. The van der Waals surface area contributed by atoms with E-state index >= 15 is 0 Å². The molecule has 0 fully saturated rings. The van der Waals surface area contributed by atoms with Gasteiger partial charge in [0, 0.05) is 13.0 Å². The van der Waals surface area contributed by atoms with Crippen molar-refractivity contribution in [3.05, 3.63) is 34.9 Å². The highest BCUT2D eigenvalue weighted by atomic mass is 16.5. The Morgan fingerprint density at radius 2 is 2.13 bits per heavy atom. The summed E-state index contributed by atoms with van der Waals surface area (Å²) in [5, 5.41) is 0. The van der Waals surface area contributed by atoms with Crippen LogP contribution in [0.2, 0.25) is 0 Å². The van der Waals surface area contributed by atoms with Gasteiger partial charge in [0.05, 0.1) is 6.61 Å². The molecule has 1 aliphatic carbocycles. The van der Waals surface area contributed by atoms with Crippen LogP contribution in [0.1, 0.15) is 23.1 Å². The summed E-state index contributed by atoms with van der Waals surface area (Å²) in [4.78, 5) is 0. The number of fused-ring (bicyclic) bond motifs is 2. The van der Waals surface area contributed by atoms with Gasteiger partial charge >= 0.3 is 0 Å². The number of benzene rings is 1. The third-order valence-corrected chi connectivity index (χ3v) is 3.29. The largest absolute Gasteiger partial charge is 0.493 e. The van der Waals surface area contributed by atoms with Crippen molar-refractivity contribution in [2.24, 2.45) is 5.73 Å². The molecule has 2 N–H and O–H groups in total. The van der Waals surface area contributed by atoms with E-state index < -0.39 is 0 Å². The second-order valence-electron chi connectivity index (χ2n) is 4.18. The zero-order chi connectivity index (χ0) is 10.3. The van der Waals surface area contributed by atoms with Gasteiger partial charge in [0.1, 0.15) is 5.75 Å². The summed E-state index contributed by atoms with van der Waals surface area (Å²) in [6, 6.07) is 4.52. The van der Waals surface area contributed by atoms with Crippen molar-refractivity contribution in [3.63, 3.8) is 0 Å². The summed E-state index contributed by atoms with van der Waals surface area (Å²) in [6.07, 6.45) is 5.50. The van der Waals surface area contributed by atoms with Crippen LogP contribution in [-0.2, 0) is 12.8 Å². The van der Waals surface area contributed by atoms with Crippen LogP contribution in [0, 0.1) is 0 Å². The number of hydrogen-bond acceptors (Lipinski definition) is 2. The minimum Gasteiger partial charge on any atom is -0.493 e. The lowest BCUT2D eigenvalue weighted by atomic mass is 10.0. The van der Waals surface area contributed by atoms with Crippen molar-refractivity contribution < 1.29 is 4.74 Å². The lowest BCUT2D eigenvalue weighted by Crippen LogP contribution is -1.94. The zero-order valence-corrected chi connectivity index (χ0v) is 8.75. The third kappa shape index (κ3) is 1.37. The Balaban J connectivity index is 2.10. The standard InChI is InChI=1S/C13H15NO/c14-5-3-9-1-2-10-7-11-4-6-15-13(11)8-12(9)10/h3,7-8H,1-2,4-6,14H2/b9-3+. The zero-order valence-electron chi connectivity index (χ0n) is 8.75. The van der Waals surface area contributed by atoms with Gasteiger partial charge in [-0.2, -0.15) is 0 Å². The van der Waals surface area contributed by atoms with Gasteiger partial charge in [-0.25, -0.2) is 0 Å². The first-order chi connectivity index (χ1) is 7.38. The van der Waals surface area contributed by atoms with E-state index in [1.54, 1.807) is 0 Å². The maximum absolute atomic E-state index is 5.59. The molecule has 0 saturated heterocycles. The van der Waals surface area contributed by atoms with Crippen LogP contribution in [0.15, 0.2) is 18.2 Å². The van der Waals surface area contributed by atoms with Crippen LogP contribution in [0.25, 0.3) is 5.57 Å². The van der Waals surface area contributed by atoms with Gasteiger partial charge in [0.2, 0.25) is 0 Å². The summed E-state index contributed by atoms with van der Waals surface area (Å²) >= 11 is 0. The summed E-state index contributed by atoms with van der Waals surface area (Å²) in [5.74, 6) is 1.08. The maximum Gasteiger partial charge on any atom is 0.123 e. The molecular formula is C13H15NO. The van der Waals surface area contributed by atoms with Gasteiger partial charge in [0.25, 0.3) is 0 Å². The molecule has 0 saturated carbocycles. The summed E-state index contributed by atoms with van der Waals surface area (Å²) in [5.41, 5.74) is 11.2. The van der Waals surface area contributed by atoms with Crippen LogP contribution in [0.5, 0.6) is 5.75 Å². The Morgan fingerprint density at radius 3 is 3.00 bits per heavy atom. The van der Waals surface area contributed by atoms with Gasteiger partial charge in [-0.15, -0.1) is 0 Å². The highest BCUT2D eigenvalue weighted by molar-refractivity contribution is 5.74. The molecule has 0 radical (unpaired) electrons. The van der Waals surface area contributed by atoms with E-state index in [-0.39, 0.29) is 0 Å². The van der Waals surface area contributed by atoms with Crippen molar-refractivity contribution >= 4 is 5.57 Å². The molecule has 0 spiro atoms. The van der Waals surface area contributed by atoms with Crippen LogP contribution >= 0.6 is 0 Å². The summed E-state index contributed by atoms with van der Waals surface area (Å²) in [7, 11) is 0. The van der Waals surface area contributed by atoms with E-state index in [9.17, 15) is 0 Å².